The van der Waals surface area contributed by atoms with Gasteiger partial charge in [-0.05, 0) is 47.9 Å². The van der Waals surface area contributed by atoms with Gasteiger partial charge in [-0.3, -0.25) is 14.5 Å². The van der Waals surface area contributed by atoms with Crippen molar-refractivity contribution in [3.8, 4) is 22.5 Å². The van der Waals surface area contributed by atoms with Crippen molar-refractivity contribution in [2.75, 3.05) is 15.8 Å². The number of anilines is 2. The van der Waals surface area contributed by atoms with Crippen molar-refractivity contribution in [1.29, 1.82) is 0 Å². The molecule has 5 aromatic rings. The minimum Gasteiger partial charge on any atom is -0.337 e. The Morgan fingerprint density at radius 1 is 0.974 bits per heavy atom. The zero-order chi connectivity index (χ0) is 27.6. The van der Waals surface area contributed by atoms with E-state index in [0.717, 1.165) is 28.8 Å². The van der Waals surface area contributed by atoms with Crippen LogP contribution in [0.5, 0.6) is 0 Å². The van der Waals surface area contributed by atoms with Gasteiger partial charge < -0.3 is 10.3 Å². The van der Waals surface area contributed by atoms with Gasteiger partial charge in [0.1, 0.15) is 17.2 Å². The lowest BCUT2D eigenvalue weighted by Crippen LogP contribution is -2.20. The van der Waals surface area contributed by atoms with Gasteiger partial charge in [-0.25, -0.2) is 27.2 Å². The Hall–Kier alpha value is -4.71. The number of rotatable bonds is 8. The van der Waals surface area contributed by atoms with E-state index in [9.17, 15) is 22.0 Å². The number of nitrogens with one attached hydrogen (secondary N) is 3. The van der Waals surface area contributed by atoms with E-state index in [1.54, 1.807) is 19.3 Å². The molecule has 2 aromatic carbocycles. The smallest absolute Gasteiger partial charge is 0.261 e. The molecule has 3 N–H and O–H groups in total. The van der Waals surface area contributed by atoms with E-state index < -0.39 is 38.8 Å². The van der Waals surface area contributed by atoms with Crippen molar-refractivity contribution in [2.45, 2.75) is 13.3 Å². The monoisotopic (exact) mass is 548 g/mol. The van der Waals surface area contributed by atoms with Crippen molar-refractivity contribution in [3.05, 3.63) is 90.4 Å². The topological polar surface area (TPSA) is 130 Å². The fourth-order valence-corrected chi connectivity index (χ4v) is 5.12. The van der Waals surface area contributed by atoms with Crippen molar-refractivity contribution in [1.82, 2.24) is 19.9 Å². The summed E-state index contributed by atoms with van der Waals surface area (Å²) in [7, 11) is -3.85. The van der Waals surface area contributed by atoms with Gasteiger partial charge >= 0.3 is 0 Å². The summed E-state index contributed by atoms with van der Waals surface area (Å²) in [5.74, 6) is -3.27. The van der Waals surface area contributed by atoms with Gasteiger partial charge in [0.25, 0.3) is 5.91 Å². The highest BCUT2D eigenvalue weighted by atomic mass is 32.2. The fraction of sp³-hybridized carbons (Fsp3) is 0.111. The molecule has 12 heteroatoms. The average molecular weight is 549 g/mol. The number of amides is 1. The highest BCUT2D eigenvalue weighted by molar-refractivity contribution is 7.92. The van der Waals surface area contributed by atoms with Gasteiger partial charge in [-0.2, -0.15) is 0 Å². The lowest BCUT2D eigenvalue weighted by molar-refractivity contribution is 0.101. The number of carbonyl (C=O) groups is 1. The summed E-state index contributed by atoms with van der Waals surface area (Å²) in [5, 5.41) is 2.41. The Balaban J connectivity index is 1.37. The van der Waals surface area contributed by atoms with Crippen LogP contribution in [0.2, 0.25) is 0 Å². The minimum absolute atomic E-state index is 0.159. The van der Waals surface area contributed by atoms with Crippen molar-refractivity contribution < 1.29 is 22.0 Å². The van der Waals surface area contributed by atoms with E-state index in [0.29, 0.717) is 23.4 Å². The molecular formula is C27H22F2N6O3S. The highest BCUT2D eigenvalue weighted by Gasteiger charge is 2.23. The van der Waals surface area contributed by atoms with Crippen molar-refractivity contribution in [2.24, 2.45) is 0 Å². The molecule has 0 radical (unpaired) electrons. The number of fused-ring (bicyclic) bond motifs is 1. The van der Waals surface area contributed by atoms with Crippen LogP contribution in [0.3, 0.4) is 0 Å². The summed E-state index contributed by atoms with van der Waals surface area (Å²) in [5.41, 5.74) is 2.44. The predicted octanol–water partition coefficient (Wildman–Crippen LogP) is 5.37. The Labute approximate surface area is 222 Å². The van der Waals surface area contributed by atoms with Gasteiger partial charge in [-0.15, -0.1) is 0 Å². The van der Waals surface area contributed by atoms with E-state index in [2.05, 4.69) is 30.0 Å². The van der Waals surface area contributed by atoms with E-state index in [4.69, 9.17) is 0 Å². The second-order valence-electron chi connectivity index (χ2n) is 8.65. The molecule has 0 atom stereocenters. The van der Waals surface area contributed by atoms with Crippen LogP contribution in [0.15, 0.2) is 73.2 Å². The van der Waals surface area contributed by atoms with Crippen molar-refractivity contribution in [3.63, 3.8) is 0 Å². The molecule has 0 aliphatic carbocycles. The summed E-state index contributed by atoms with van der Waals surface area (Å²) in [4.78, 5) is 28.6. The summed E-state index contributed by atoms with van der Waals surface area (Å²) >= 11 is 0. The van der Waals surface area contributed by atoms with E-state index >= 15 is 0 Å². The molecule has 0 unspecified atom stereocenters. The molecule has 39 heavy (non-hydrogen) atoms. The molecule has 3 heterocycles. The van der Waals surface area contributed by atoms with Crippen LogP contribution < -0.4 is 10.0 Å². The molecule has 0 saturated heterocycles. The van der Waals surface area contributed by atoms with Crippen LogP contribution in [0.25, 0.3) is 33.7 Å². The number of sulfonamides is 1. The number of pyridine rings is 2. The number of nitrogens with zero attached hydrogens (tertiary/aromatic N) is 3. The molecule has 198 valence electrons. The molecule has 5 rings (SSSR count). The largest absolute Gasteiger partial charge is 0.337 e. The molecule has 0 aliphatic heterocycles. The molecule has 9 nitrogen and oxygen atoms in total. The number of hydrogen-bond acceptors (Lipinski definition) is 6. The lowest BCUT2D eigenvalue weighted by Gasteiger charge is -2.12. The summed E-state index contributed by atoms with van der Waals surface area (Å²) < 4.78 is 55.5. The van der Waals surface area contributed by atoms with Gasteiger partial charge in [0.05, 0.1) is 28.8 Å². The third kappa shape index (κ3) is 5.60. The van der Waals surface area contributed by atoms with Gasteiger partial charge in [-0.1, -0.05) is 31.2 Å². The number of aromatic nitrogens is 4. The molecule has 0 fully saturated rings. The van der Waals surface area contributed by atoms with Crippen LogP contribution in [-0.4, -0.2) is 40.0 Å². The van der Waals surface area contributed by atoms with Gasteiger partial charge in [0.15, 0.2) is 11.5 Å². The molecule has 0 aliphatic rings. The lowest BCUT2D eigenvalue weighted by atomic mass is 10.1. The summed E-state index contributed by atoms with van der Waals surface area (Å²) in [6.07, 6.45) is 5.05. The zero-order valence-corrected chi connectivity index (χ0v) is 21.4. The van der Waals surface area contributed by atoms with E-state index in [-0.39, 0.29) is 11.4 Å². The van der Waals surface area contributed by atoms with Crippen LogP contribution in [0, 0.1) is 11.6 Å². The Morgan fingerprint density at radius 2 is 1.67 bits per heavy atom. The van der Waals surface area contributed by atoms with Crippen LogP contribution in [0.1, 0.15) is 23.7 Å². The van der Waals surface area contributed by atoms with Crippen molar-refractivity contribution >= 4 is 38.5 Å². The SMILES string of the molecule is CCCS(=O)(=O)Nc1ccc(F)c(C(=O)Nc2cnc3nc(-c4ccc(-c5ccncc5)cc4)[nH]c3c2)c1F. The first kappa shape index (κ1) is 25.9. The number of carbonyl (C=O) groups excluding carboxylic acids is 1. The minimum atomic E-state index is -3.85. The molecule has 0 bridgehead atoms. The summed E-state index contributed by atoms with van der Waals surface area (Å²) in [6, 6.07) is 14.8. The van der Waals surface area contributed by atoms with E-state index in [1.807, 2.05) is 36.4 Å². The van der Waals surface area contributed by atoms with E-state index in [1.165, 1.54) is 12.3 Å². The maximum Gasteiger partial charge on any atom is 0.261 e. The third-order valence-electron chi connectivity index (χ3n) is 5.82. The second kappa shape index (κ2) is 10.6. The van der Waals surface area contributed by atoms with Crippen LogP contribution in [0.4, 0.5) is 20.2 Å². The maximum absolute atomic E-state index is 15.0. The first-order valence-corrected chi connectivity index (χ1v) is 13.6. The molecule has 0 saturated carbocycles. The fourth-order valence-electron chi connectivity index (χ4n) is 3.99. The van der Waals surface area contributed by atoms with Gasteiger partial charge in [0.2, 0.25) is 10.0 Å². The number of halogens is 2. The van der Waals surface area contributed by atoms with Crippen LogP contribution >= 0.6 is 0 Å². The molecular weight excluding hydrogens is 526 g/mol. The zero-order valence-electron chi connectivity index (χ0n) is 20.6. The molecule has 0 spiro atoms. The Kier molecular flexibility index (Phi) is 7.03. The normalized spacial score (nSPS) is 11.5. The number of imidazole rings is 1. The number of H-pyrrole nitrogens is 1. The highest BCUT2D eigenvalue weighted by Crippen LogP contribution is 2.27. The Bertz CT molecular complexity index is 1780. The number of benzene rings is 2. The maximum atomic E-state index is 15.0. The first-order valence-electron chi connectivity index (χ1n) is 11.9. The molecule has 1 amide bonds. The quantitative estimate of drug-likeness (QED) is 0.239. The van der Waals surface area contributed by atoms with Gasteiger partial charge in [0, 0.05) is 18.0 Å². The number of aromatic amines is 1. The second-order valence-corrected chi connectivity index (χ2v) is 10.5. The first-order chi connectivity index (χ1) is 18.7. The average Bonchev–Trinajstić information content (AvgIpc) is 3.34. The molecule has 3 aromatic heterocycles. The summed E-state index contributed by atoms with van der Waals surface area (Å²) in [6.45, 7) is 1.65. The predicted molar refractivity (Wildman–Crippen MR) is 145 cm³/mol. The number of hydrogen-bond donors (Lipinski definition) is 3. The Morgan fingerprint density at radius 3 is 2.38 bits per heavy atom. The standard InChI is InChI=1S/C27H22F2N6O3S/c1-2-13-39(37,38)35-21-8-7-20(28)23(24(21)29)27(36)32-19-14-22-26(31-15-19)34-25(33-22)18-5-3-16(4-6-18)17-9-11-30-12-10-17/h3-12,14-15,35H,2,13H2,1H3,(H,32,36)(H,31,33,34). The van der Waals surface area contributed by atoms with Crippen LogP contribution in [-0.2, 0) is 10.0 Å². The third-order valence-corrected chi connectivity index (χ3v) is 7.30.